The molecule has 4 rings (SSSR count). The van der Waals surface area contributed by atoms with Crippen molar-refractivity contribution in [3.05, 3.63) is 69.3 Å². The van der Waals surface area contributed by atoms with Crippen molar-refractivity contribution in [2.24, 2.45) is 0 Å². The van der Waals surface area contributed by atoms with Crippen LogP contribution in [0.1, 0.15) is 149 Å². The topological polar surface area (TPSA) is 55.7 Å². The maximum Gasteiger partial charge on any atom is 0.201 e. The van der Waals surface area contributed by atoms with Gasteiger partial charge in [0, 0.05) is 22.1 Å². The minimum Gasteiger partial charge on any atom is -0.507 e. The van der Waals surface area contributed by atoms with E-state index in [2.05, 4.69) is 134 Å². The molecule has 4 nitrogen and oxygen atoms in total. The predicted octanol–water partition coefficient (Wildman–Crippen LogP) is 12.8. The molecular weight excluding hydrogens is 599 g/mol. The van der Waals surface area contributed by atoms with Gasteiger partial charge >= 0.3 is 0 Å². The third-order valence-electron chi connectivity index (χ3n) is 9.19. The van der Waals surface area contributed by atoms with Gasteiger partial charge < -0.3 is 18.2 Å². The van der Waals surface area contributed by atoms with Gasteiger partial charge in [0.05, 0.1) is 12.0 Å². The van der Waals surface area contributed by atoms with E-state index in [1.165, 1.54) is 27.8 Å². The maximum absolute atomic E-state index is 10.8. The Morgan fingerprint density at radius 3 is 1.68 bits per heavy atom. The van der Waals surface area contributed by atoms with E-state index >= 15 is 0 Å². The van der Waals surface area contributed by atoms with Crippen LogP contribution in [0.25, 0.3) is 21.9 Å². The highest BCUT2D eigenvalue weighted by molar-refractivity contribution is 7.15. The average molecular weight is 661 g/mol. The van der Waals surface area contributed by atoms with Crippen LogP contribution in [0.2, 0.25) is 0 Å². The number of benzene rings is 3. The molecule has 1 heterocycles. The first-order chi connectivity index (χ1) is 21.3. The second kappa shape index (κ2) is 12.6. The molecule has 47 heavy (non-hydrogen) atoms. The van der Waals surface area contributed by atoms with E-state index in [4.69, 9.17) is 13.1 Å². The maximum atomic E-state index is 10.8. The van der Waals surface area contributed by atoms with Crippen molar-refractivity contribution in [3.8, 4) is 11.5 Å². The molecule has 1 aromatic heterocycles. The first-order valence-corrected chi connectivity index (χ1v) is 18.1. The zero-order chi connectivity index (χ0) is 35.5. The molecule has 3 aromatic carbocycles. The SMILES string of the molecule is Cc1cc(CCCOc2c(C(C)(C)C)cc(C(C)(C)C)c3o[pH]oc4c(C(C)(C)C)cc(C(C)(C)C)cc4c23)cc(C(C)(C)C)c1O. The van der Waals surface area contributed by atoms with Gasteiger partial charge in [-0.05, 0) is 81.2 Å². The van der Waals surface area contributed by atoms with E-state index in [1.54, 1.807) is 0 Å². The van der Waals surface area contributed by atoms with Crippen LogP contribution in [-0.4, -0.2) is 11.7 Å². The second-order valence-electron chi connectivity index (χ2n) is 18.7. The number of rotatable bonds is 5. The lowest BCUT2D eigenvalue weighted by Gasteiger charge is -2.29. The Kier molecular flexibility index (Phi) is 9.88. The predicted molar refractivity (Wildman–Crippen MR) is 203 cm³/mol. The lowest BCUT2D eigenvalue weighted by molar-refractivity contribution is 0.306. The Balaban J connectivity index is 2.00. The Labute approximate surface area is 286 Å². The monoisotopic (exact) mass is 660 g/mol. The van der Waals surface area contributed by atoms with Crippen LogP contribution >= 0.6 is 8.67 Å². The van der Waals surface area contributed by atoms with E-state index in [-0.39, 0.29) is 35.7 Å². The third kappa shape index (κ3) is 7.91. The molecule has 0 aliphatic heterocycles. The van der Waals surface area contributed by atoms with Crippen molar-refractivity contribution in [1.82, 2.24) is 0 Å². The number of hydrogen-bond acceptors (Lipinski definition) is 4. The van der Waals surface area contributed by atoms with Crippen LogP contribution in [0.3, 0.4) is 0 Å². The number of aromatic hydroxyl groups is 1. The number of aryl methyl sites for hydroxylation is 2. The summed E-state index contributed by atoms with van der Waals surface area (Å²) in [6.07, 6.45) is 1.70. The number of phenolic OH excluding ortho intramolecular Hbond substituents is 1. The van der Waals surface area contributed by atoms with E-state index in [9.17, 15) is 5.11 Å². The summed E-state index contributed by atoms with van der Waals surface area (Å²) in [6, 6.07) is 11.2. The summed E-state index contributed by atoms with van der Waals surface area (Å²) >= 11 is 0. The lowest BCUT2D eigenvalue weighted by atomic mass is 9.77. The van der Waals surface area contributed by atoms with Crippen LogP contribution in [0.5, 0.6) is 11.5 Å². The Bertz CT molecular complexity index is 1810. The summed E-state index contributed by atoms with van der Waals surface area (Å²) in [7, 11) is -0.158. The molecule has 5 heteroatoms. The molecule has 0 bridgehead atoms. The largest absolute Gasteiger partial charge is 0.507 e. The molecule has 0 saturated heterocycles. The van der Waals surface area contributed by atoms with Gasteiger partial charge in [-0.25, -0.2) is 0 Å². The Morgan fingerprint density at radius 1 is 0.617 bits per heavy atom. The third-order valence-corrected chi connectivity index (χ3v) is 9.77. The normalized spacial score (nSPS) is 13.6. The second-order valence-corrected chi connectivity index (χ2v) is 19.3. The smallest absolute Gasteiger partial charge is 0.201 e. The van der Waals surface area contributed by atoms with Gasteiger partial charge in [-0.3, -0.25) is 0 Å². The lowest BCUT2D eigenvalue weighted by Crippen LogP contribution is -2.19. The minimum atomic E-state index is -0.176. The minimum absolute atomic E-state index is 0.0612. The summed E-state index contributed by atoms with van der Waals surface area (Å²) in [4.78, 5) is 0. The Hall–Kier alpha value is -2.84. The summed E-state index contributed by atoms with van der Waals surface area (Å²) < 4.78 is 20.2. The zero-order valence-electron chi connectivity index (χ0n) is 32.2. The molecule has 0 aliphatic rings. The molecular formula is C42H61O4P. The molecule has 0 fully saturated rings. The van der Waals surface area contributed by atoms with Gasteiger partial charge in [0.2, 0.25) is 8.67 Å². The van der Waals surface area contributed by atoms with Gasteiger partial charge in [-0.15, -0.1) is 0 Å². The van der Waals surface area contributed by atoms with Gasteiger partial charge in [-0.1, -0.05) is 122 Å². The van der Waals surface area contributed by atoms with E-state index < -0.39 is 0 Å². The standard InChI is InChI=1S/C42H61O4P/c1-25-20-26(21-29(34(25)43)39(5,6)7)18-17-19-44-36-31(41(11,12)13)24-32(42(14,15)16)37-33(36)28-22-27(38(2,3)4)23-30(40(8,9)10)35(28)45-47-46-37/h20-24,43,47H,17-19H2,1-16H3. The zero-order valence-corrected chi connectivity index (χ0v) is 33.2. The highest BCUT2D eigenvalue weighted by Crippen LogP contribution is 2.48. The van der Waals surface area contributed by atoms with E-state index in [0.29, 0.717) is 12.4 Å². The van der Waals surface area contributed by atoms with Crippen LogP contribution in [0.15, 0.2) is 38.7 Å². The molecule has 4 aromatic rings. The highest BCUT2D eigenvalue weighted by atomic mass is 31.1. The summed E-state index contributed by atoms with van der Waals surface area (Å²) in [5, 5.41) is 12.8. The molecule has 0 aliphatic carbocycles. The van der Waals surface area contributed by atoms with E-state index in [0.717, 1.165) is 51.7 Å². The van der Waals surface area contributed by atoms with Crippen LogP contribution in [0, 0.1) is 6.92 Å². The summed E-state index contributed by atoms with van der Waals surface area (Å²) in [5.74, 6) is 1.29. The number of hydrogen-bond donors (Lipinski definition) is 1. The van der Waals surface area contributed by atoms with Gasteiger partial charge in [0.1, 0.15) is 22.7 Å². The van der Waals surface area contributed by atoms with Crippen LogP contribution in [-0.2, 0) is 33.5 Å². The summed E-state index contributed by atoms with van der Waals surface area (Å²) in [6.45, 7) is 36.2. The molecule has 0 spiro atoms. The quantitative estimate of drug-likeness (QED) is 0.216. The molecule has 1 atom stereocenters. The number of phenols is 1. The van der Waals surface area contributed by atoms with Gasteiger partial charge in [0.15, 0.2) is 0 Å². The fourth-order valence-corrected chi connectivity index (χ4v) is 6.94. The van der Waals surface area contributed by atoms with Gasteiger partial charge in [-0.2, -0.15) is 0 Å². The molecule has 0 saturated carbocycles. The van der Waals surface area contributed by atoms with E-state index in [1.807, 2.05) is 6.92 Å². The van der Waals surface area contributed by atoms with Crippen molar-refractivity contribution < 1.29 is 18.2 Å². The van der Waals surface area contributed by atoms with Crippen molar-refractivity contribution in [1.29, 1.82) is 0 Å². The first-order valence-electron chi connectivity index (χ1n) is 17.3. The highest BCUT2D eigenvalue weighted by Gasteiger charge is 2.31. The first kappa shape index (κ1) is 37.0. The molecule has 258 valence electrons. The van der Waals surface area contributed by atoms with Crippen molar-refractivity contribution in [3.63, 3.8) is 0 Å². The molecule has 0 amide bonds. The molecule has 1 N–H and O–H groups in total. The number of fused-ring (bicyclic) bond motifs is 3. The van der Waals surface area contributed by atoms with Crippen LogP contribution < -0.4 is 4.74 Å². The average Bonchev–Trinajstić information content (AvgIpc) is 3.08. The van der Waals surface area contributed by atoms with Gasteiger partial charge in [0.25, 0.3) is 0 Å². The van der Waals surface area contributed by atoms with Crippen LogP contribution in [0.4, 0.5) is 0 Å². The van der Waals surface area contributed by atoms with Crippen molar-refractivity contribution in [2.75, 3.05) is 6.61 Å². The molecule has 0 radical (unpaired) electrons. The fourth-order valence-electron chi connectivity index (χ4n) is 6.30. The number of ether oxygens (including phenoxy) is 1. The molecule has 1 unspecified atom stereocenters. The fraction of sp³-hybridized carbons (Fsp3) is 0.571. The van der Waals surface area contributed by atoms with Crippen molar-refractivity contribution in [2.45, 2.75) is 151 Å². The summed E-state index contributed by atoms with van der Waals surface area (Å²) in [5.41, 5.74) is 9.03. The Morgan fingerprint density at radius 2 is 1.15 bits per heavy atom. The van der Waals surface area contributed by atoms with Crippen molar-refractivity contribution >= 4 is 30.6 Å².